The van der Waals surface area contributed by atoms with Gasteiger partial charge in [0.15, 0.2) is 0 Å². The molecule has 0 radical (unpaired) electrons. The van der Waals surface area contributed by atoms with E-state index in [4.69, 9.17) is 4.52 Å². The van der Waals surface area contributed by atoms with Crippen LogP contribution >= 0.6 is 0 Å². The molecule has 2 rings (SSSR count). The van der Waals surface area contributed by atoms with Gasteiger partial charge in [-0.05, 0) is 0 Å². The van der Waals surface area contributed by atoms with Gasteiger partial charge in [-0.25, -0.2) is 9.97 Å². The molecule has 0 spiro atoms. The number of nitrogens with zero attached hydrogens (tertiary/aromatic N) is 3. The zero-order valence-corrected chi connectivity index (χ0v) is 8.14. The highest BCUT2D eigenvalue weighted by Crippen LogP contribution is 2.16. The molecule has 0 atom stereocenters. The quantitative estimate of drug-likeness (QED) is 0.727. The first-order chi connectivity index (χ1) is 6.77. The highest BCUT2D eigenvalue weighted by molar-refractivity contribution is 5.55. The van der Waals surface area contributed by atoms with Crippen LogP contribution in [0.3, 0.4) is 0 Å². The molecule has 0 aliphatic rings. The Morgan fingerprint density at radius 1 is 1.21 bits per heavy atom. The molecule has 0 aromatic carbocycles. The predicted octanol–water partition coefficient (Wildman–Crippen LogP) is 2.25. The van der Waals surface area contributed by atoms with Crippen molar-refractivity contribution < 1.29 is 4.52 Å². The third-order valence-electron chi connectivity index (χ3n) is 1.92. The van der Waals surface area contributed by atoms with Gasteiger partial charge in [0.25, 0.3) is 0 Å². The van der Waals surface area contributed by atoms with Crippen LogP contribution in [0.15, 0.2) is 29.2 Å². The van der Waals surface area contributed by atoms with Crippen molar-refractivity contribution >= 4 is 0 Å². The van der Waals surface area contributed by atoms with E-state index in [1.54, 1.807) is 18.5 Å². The lowest BCUT2D eigenvalue weighted by atomic mass is 10.2. The van der Waals surface area contributed by atoms with Gasteiger partial charge in [-0.15, -0.1) is 0 Å². The molecule has 2 aromatic rings. The maximum atomic E-state index is 4.74. The van der Waals surface area contributed by atoms with Crippen molar-refractivity contribution in [3.8, 4) is 11.3 Å². The minimum Gasteiger partial charge on any atom is -0.364 e. The topological polar surface area (TPSA) is 51.8 Å². The van der Waals surface area contributed by atoms with Crippen LogP contribution in [-0.2, 0) is 0 Å². The molecule has 0 unspecified atom stereocenters. The van der Waals surface area contributed by atoms with Crippen molar-refractivity contribution in [2.24, 2.45) is 0 Å². The number of hydrogen-bond donors (Lipinski definition) is 0. The fourth-order valence-electron chi connectivity index (χ4n) is 1.13. The molecule has 2 aromatic heterocycles. The first-order valence-corrected chi connectivity index (χ1v) is 4.50. The second kappa shape index (κ2) is 3.57. The van der Waals surface area contributed by atoms with Gasteiger partial charge in [0.05, 0.1) is 0 Å². The van der Waals surface area contributed by atoms with Gasteiger partial charge < -0.3 is 4.52 Å². The van der Waals surface area contributed by atoms with Crippen molar-refractivity contribution in [3.05, 3.63) is 30.5 Å². The summed E-state index contributed by atoms with van der Waals surface area (Å²) >= 11 is 0. The Morgan fingerprint density at radius 2 is 1.93 bits per heavy atom. The van der Waals surface area contributed by atoms with Gasteiger partial charge in [0, 0.05) is 29.9 Å². The van der Waals surface area contributed by atoms with Crippen molar-refractivity contribution in [2.75, 3.05) is 0 Å². The van der Waals surface area contributed by atoms with E-state index in [1.807, 2.05) is 0 Å². The molecule has 0 aliphatic carbocycles. The lowest BCUT2D eigenvalue weighted by Crippen LogP contribution is -1.96. The zero-order valence-electron chi connectivity index (χ0n) is 8.14. The van der Waals surface area contributed by atoms with Gasteiger partial charge in [0.1, 0.15) is 17.8 Å². The molecular formula is C10H11N3O. The van der Waals surface area contributed by atoms with Crippen LogP contribution in [0.2, 0.25) is 0 Å². The molecule has 0 aliphatic heterocycles. The Labute approximate surface area is 82.0 Å². The molecule has 0 saturated carbocycles. The molecule has 0 N–H and O–H groups in total. The summed E-state index contributed by atoms with van der Waals surface area (Å²) in [6.07, 6.45) is 5.06. The van der Waals surface area contributed by atoms with Crippen LogP contribution in [0.5, 0.6) is 0 Å². The molecule has 14 heavy (non-hydrogen) atoms. The first-order valence-electron chi connectivity index (χ1n) is 4.50. The molecular weight excluding hydrogens is 178 g/mol. The van der Waals surface area contributed by atoms with Crippen LogP contribution in [0.4, 0.5) is 0 Å². The molecule has 0 fully saturated rings. The van der Waals surface area contributed by atoms with E-state index in [0.717, 1.165) is 17.1 Å². The van der Waals surface area contributed by atoms with Gasteiger partial charge >= 0.3 is 0 Å². The van der Waals surface area contributed by atoms with E-state index < -0.39 is 0 Å². The number of rotatable bonds is 2. The maximum absolute atomic E-state index is 4.74. The lowest BCUT2D eigenvalue weighted by Gasteiger charge is -2.02. The first kappa shape index (κ1) is 8.87. The molecule has 72 valence electrons. The lowest BCUT2D eigenvalue weighted by molar-refractivity contribution is 0.422. The SMILES string of the molecule is CC(C)c1ncc(-c2ccon2)cn1. The third-order valence-corrected chi connectivity index (χ3v) is 1.92. The van der Waals surface area contributed by atoms with Crippen molar-refractivity contribution in [1.82, 2.24) is 15.1 Å². The Hall–Kier alpha value is -1.71. The average molecular weight is 189 g/mol. The fourth-order valence-corrected chi connectivity index (χ4v) is 1.13. The molecule has 0 saturated heterocycles. The number of aromatic nitrogens is 3. The largest absolute Gasteiger partial charge is 0.364 e. The predicted molar refractivity (Wildman–Crippen MR) is 51.6 cm³/mol. The van der Waals surface area contributed by atoms with E-state index in [2.05, 4.69) is 29.0 Å². The maximum Gasteiger partial charge on any atom is 0.130 e. The summed E-state index contributed by atoms with van der Waals surface area (Å²) in [5, 5.41) is 3.81. The van der Waals surface area contributed by atoms with Gasteiger partial charge in [0.2, 0.25) is 0 Å². The van der Waals surface area contributed by atoms with Crippen LogP contribution in [-0.4, -0.2) is 15.1 Å². The van der Waals surface area contributed by atoms with Crippen molar-refractivity contribution in [2.45, 2.75) is 19.8 Å². The molecule has 4 heteroatoms. The molecule has 4 nitrogen and oxygen atoms in total. The van der Waals surface area contributed by atoms with Crippen LogP contribution in [0.1, 0.15) is 25.6 Å². The average Bonchev–Trinajstić information content (AvgIpc) is 2.71. The van der Waals surface area contributed by atoms with Crippen LogP contribution in [0.25, 0.3) is 11.3 Å². The van der Waals surface area contributed by atoms with Gasteiger partial charge in [-0.3, -0.25) is 0 Å². The molecule has 0 bridgehead atoms. The van der Waals surface area contributed by atoms with Crippen molar-refractivity contribution in [3.63, 3.8) is 0 Å². The Balaban J connectivity index is 2.31. The summed E-state index contributed by atoms with van der Waals surface area (Å²) in [7, 11) is 0. The summed E-state index contributed by atoms with van der Waals surface area (Å²) in [6, 6.07) is 1.79. The minimum atomic E-state index is 0.348. The van der Waals surface area contributed by atoms with E-state index in [-0.39, 0.29) is 0 Å². The van der Waals surface area contributed by atoms with E-state index >= 15 is 0 Å². The highest BCUT2D eigenvalue weighted by Gasteiger charge is 2.05. The molecule has 0 amide bonds. The van der Waals surface area contributed by atoms with Gasteiger partial charge in [-0.1, -0.05) is 19.0 Å². The summed E-state index contributed by atoms with van der Waals surface area (Å²) in [5.41, 5.74) is 1.64. The third kappa shape index (κ3) is 1.64. The summed E-state index contributed by atoms with van der Waals surface area (Å²) < 4.78 is 4.74. The van der Waals surface area contributed by atoms with Gasteiger partial charge in [-0.2, -0.15) is 0 Å². The van der Waals surface area contributed by atoms with E-state index in [0.29, 0.717) is 5.92 Å². The monoisotopic (exact) mass is 189 g/mol. The Bertz CT molecular complexity index is 392. The summed E-state index contributed by atoms with van der Waals surface area (Å²) in [6.45, 7) is 4.12. The fraction of sp³-hybridized carbons (Fsp3) is 0.300. The smallest absolute Gasteiger partial charge is 0.130 e. The normalized spacial score (nSPS) is 10.8. The zero-order chi connectivity index (χ0) is 9.97. The van der Waals surface area contributed by atoms with E-state index in [9.17, 15) is 0 Å². The van der Waals surface area contributed by atoms with Crippen LogP contribution in [0, 0.1) is 0 Å². The highest BCUT2D eigenvalue weighted by atomic mass is 16.5. The second-order valence-electron chi connectivity index (χ2n) is 3.37. The minimum absolute atomic E-state index is 0.348. The standard InChI is InChI=1S/C10H11N3O/c1-7(2)10-11-5-8(6-12-10)9-3-4-14-13-9/h3-7H,1-2H3. The molecule has 2 heterocycles. The van der Waals surface area contributed by atoms with Crippen LogP contribution < -0.4 is 0 Å². The summed E-state index contributed by atoms with van der Waals surface area (Å²) in [4.78, 5) is 8.48. The Morgan fingerprint density at radius 3 is 2.43 bits per heavy atom. The van der Waals surface area contributed by atoms with Crippen molar-refractivity contribution in [1.29, 1.82) is 0 Å². The Kier molecular flexibility index (Phi) is 2.26. The summed E-state index contributed by atoms with van der Waals surface area (Å²) in [5.74, 6) is 1.19. The van der Waals surface area contributed by atoms with E-state index in [1.165, 1.54) is 6.26 Å². The second-order valence-corrected chi connectivity index (χ2v) is 3.37. The number of hydrogen-bond acceptors (Lipinski definition) is 4.